The molecule has 0 heterocycles. The van der Waals surface area contributed by atoms with E-state index in [1.165, 1.54) is 0 Å². The molecule has 0 radical (unpaired) electrons. The highest BCUT2D eigenvalue weighted by atomic mass is 16.5. The Morgan fingerprint density at radius 3 is 2.53 bits per heavy atom. The van der Waals surface area contributed by atoms with Crippen LogP contribution < -0.4 is 11.1 Å². The lowest BCUT2D eigenvalue weighted by Gasteiger charge is -2.33. The summed E-state index contributed by atoms with van der Waals surface area (Å²) in [6, 6.07) is 0.346. The first-order valence-corrected chi connectivity index (χ1v) is 7.19. The lowest BCUT2D eigenvalue weighted by Crippen LogP contribution is -2.55. The molecule has 5 nitrogen and oxygen atoms in total. The van der Waals surface area contributed by atoms with Crippen molar-refractivity contribution in [3.8, 4) is 0 Å². The second-order valence-electron chi connectivity index (χ2n) is 5.31. The topological polar surface area (TPSA) is 67.6 Å². The summed E-state index contributed by atoms with van der Waals surface area (Å²) >= 11 is 0. The number of likely N-dealkylation sites (N-methyl/N-ethyl adjacent to an activating group) is 1. The van der Waals surface area contributed by atoms with E-state index >= 15 is 0 Å². The van der Waals surface area contributed by atoms with E-state index in [-0.39, 0.29) is 5.91 Å². The van der Waals surface area contributed by atoms with Gasteiger partial charge in [0.1, 0.15) is 0 Å². The zero-order valence-electron chi connectivity index (χ0n) is 13.2. The van der Waals surface area contributed by atoms with Crippen molar-refractivity contribution in [3.05, 3.63) is 0 Å². The van der Waals surface area contributed by atoms with Gasteiger partial charge in [-0.2, -0.15) is 0 Å². The molecule has 0 aliphatic heterocycles. The molecule has 3 N–H and O–H groups in total. The molecule has 2 atom stereocenters. The van der Waals surface area contributed by atoms with E-state index in [1.807, 2.05) is 6.92 Å². The van der Waals surface area contributed by atoms with E-state index < -0.39 is 5.54 Å². The average Bonchev–Trinajstić information content (AvgIpc) is 2.37. The highest BCUT2D eigenvalue weighted by molar-refractivity contribution is 5.84. The molecule has 0 aliphatic rings. The van der Waals surface area contributed by atoms with Crippen LogP contribution in [-0.4, -0.2) is 55.7 Å². The van der Waals surface area contributed by atoms with Gasteiger partial charge in [-0.1, -0.05) is 13.8 Å². The van der Waals surface area contributed by atoms with E-state index in [9.17, 15) is 4.79 Å². The van der Waals surface area contributed by atoms with Gasteiger partial charge in [0.2, 0.25) is 5.91 Å². The molecule has 0 saturated carbocycles. The van der Waals surface area contributed by atoms with Crippen LogP contribution >= 0.6 is 0 Å². The molecule has 0 bridgehead atoms. The largest absolute Gasteiger partial charge is 0.383 e. The second kappa shape index (κ2) is 9.28. The van der Waals surface area contributed by atoms with E-state index in [0.717, 1.165) is 26.1 Å². The van der Waals surface area contributed by atoms with Crippen molar-refractivity contribution in [3.63, 3.8) is 0 Å². The van der Waals surface area contributed by atoms with Crippen molar-refractivity contribution >= 4 is 5.91 Å². The van der Waals surface area contributed by atoms with Crippen molar-refractivity contribution in [2.45, 2.75) is 52.1 Å². The smallest absolute Gasteiger partial charge is 0.237 e. The van der Waals surface area contributed by atoms with Gasteiger partial charge in [0.15, 0.2) is 0 Å². The van der Waals surface area contributed by atoms with Crippen molar-refractivity contribution in [1.29, 1.82) is 0 Å². The molecule has 0 aliphatic carbocycles. The van der Waals surface area contributed by atoms with Crippen LogP contribution in [0.5, 0.6) is 0 Å². The number of nitrogens with two attached hydrogens (primary N) is 1. The third-order valence-corrected chi connectivity index (χ3v) is 3.65. The van der Waals surface area contributed by atoms with Crippen LogP contribution in [-0.2, 0) is 9.53 Å². The van der Waals surface area contributed by atoms with Crippen LogP contribution in [0, 0.1) is 0 Å². The minimum atomic E-state index is -0.629. The van der Waals surface area contributed by atoms with Crippen LogP contribution in [0.1, 0.15) is 40.5 Å². The third kappa shape index (κ3) is 6.36. The van der Waals surface area contributed by atoms with Crippen LogP contribution in [0.3, 0.4) is 0 Å². The zero-order valence-corrected chi connectivity index (χ0v) is 13.2. The van der Waals surface area contributed by atoms with Crippen molar-refractivity contribution < 1.29 is 9.53 Å². The summed E-state index contributed by atoms with van der Waals surface area (Å²) in [6.45, 7) is 11.5. The van der Waals surface area contributed by atoms with E-state index in [1.54, 1.807) is 7.11 Å². The number of hydrogen-bond acceptors (Lipinski definition) is 4. The lowest BCUT2D eigenvalue weighted by molar-refractivity contribution is -0.124. The van der Waals surface area contributed by atoms with Gasteiger partial charge in [-0.3, -0.25) is 9.69 Å². The first kappa shape index (κ1) is 18.4. The molecule has 1 amide bonds. The summed E-state index contributed by atoms with van der Waals surface area (Å²) in [5.74, 6) is -0.281. The first-order chi connectivity index (χ1) is 8.91. The van der Waals surface area contributed by atoms with Gasteiger partial charge in [0.25, 0.3) is 0 Å². The first-order valence-electron chi connectivity index (χ1n) is 7.19. The van der Waals surface area contributed by atoms with Gasteiger partial charge in [-0.15, -0.1) is 0 Å². The molecule has 2 unspecified atom stereocenters. The minimum absolute atomic E-state index is 0.281. The molecule has 0 aromatic rings. The zero-order chi connectivity index (χ0) is 14.9. The van der Waals surface area contributed by atoms with E-state index in [0.29, 0.717) is 19.1 Å². The molecule has 0 spiro atoms. The maximum Gasteiger partial charge on any atom is 0.237 e. The number of carbonyl (C=O) groups excluding carboxylic acids is 1. The summed E-state index contributed by atoms with van der Waals surface area (Å²) < 4.78 is 5.18. The Bertz CT molecular complexity index is 261. The molecular weight excluding hydrogens is 242 g/mol. The Balaban J connectivity index is 4.47. The fourth-order valence-corrected chi connectivity index (χ4v) is 2.10. The lowest BCUT2D eigenvalue weighted by atomic mass is 9.96. The molecule has 114 valence electrons. The van der Waals surface area contributed by atoms with Crippen LogP contribution in [0.4, 0.5) is 0 Å². The standard InChI is InChI=1S/C14H31N3O2/c1-6-9-16-14(4,13(15)18)8-10-17(7-2)12(3)11-19-5/h12,16H,6-11H2,1-5H3,(H2,15,18). The molecule has 0 aromatic heterocycles. The number of nitrogens with zero attached hydrogens (tertiary/aromatic N) is 1. The summed E-state index contributed by atoms with van der Waals surface area (Å²) in [5.41, 5.74) is 4.90. The van der Waals surface area contributed by atoms with Gasteiger partial charge in [-0.25, -0.2) is 0 Å². The Kier molecular flexibility index (Phi) is 8.97. The van der Waals surface area contributed by atoms with Crippen LogP contribution in [0.15, 0.2) is 0 Å². The number of ether oxygens (including phenoxy) is 1. The molecule has 0 aromatic carbocycles. The normalized spacial score (nSPS) is 16.3. The third-order valence-electron chi connectivity index (χ3n) is 3.65. The highest BCUT2D eigenvalue weighted by Crippen LogP contribution is 2.12. The summed E-state index contributed by atoms with van der Waals surface area (Å²) in [7, 11) is 1.71. The van der Waals surface area contributed by atoms with Gasteiger partial charge < -0.3 is 15.8 Å². The maximum absolute atomic E-state index is 11.6. The Morgan fingerprint density at radius 1 is 1.47 bits per heavy atom. The van der Waals surface area contributed by atoms with Crippen molar-refractivity contribution in [2.75, 3.05) is 33.4 Å². The second-order valence-corrected chi connectivity index (χ2v) is 5.31. The van der Waals surface area contributed by atoms with Gasteiger partial charge in [0, 0.05) is 19.7 Å². The van der Waals surface area contributed by atoms with Crippen molar-refractivity contribution in [2.24, 2.45) is 5.73 Å². The van der Waals surface area contributed by atoms with Gasteiger partial charge >= 0.3 is 0 Å². The minimum Gasteiger partial charge on any atom is -0.383 e. The van der Waals surface area contributed by atoms with E-state index in [2.05, 4.69) is 31.0 Å². The molecule has 0 saturated heterocycles. The maximum atomic E-state index is 11.6. The molecule has 0 fully saturated rings. The van der Waals surface area contributed by atoms with Gasteiger partial charge in [0.05, 0.1) is 12.1 Å². The number of nitrogens with one attached hydrogen (secondary N) is 1. The molecule has 19 heavy (non-hydrogen) atoms. The highest BCUT2D eigenvalue weighted by Gasteiger charge is 2.30. The molecule has 5 heteroatoms. The molecule has 0 rings (SSSR count). The van der Waals surface area contributed by atoms with Crippen molar-refractivity contribution in [1.82, 2.24) is 10.2 Å². The average molecular weight is 273 g/mol. The monoisotopic (exact) mass is 273 g/mol. The fraction of sp³-hybridized carbons (Fsp3) is 0.929. The fourth-order valence-electron chi connectivity index (χ4n) is 2.10. The Labute approximate surface area is 117 Å². The number of carbonyl (C=O) groups is 1. The number of primary amides is 1. The predicted molar refractivity (Wildman–Crippen MR) is 79.1 cm³/mol. The Morgan fingerprint density at radius 2 is 2.11 bits per heavy atom. The van der Waals surface area contributed by atoms with E-state index in [4.69, 9.17) is 10.5 Å². The number of rotatable bonds is 11. The Hall–Kier alpha value is -0.650. The number of hydrogen-bond donors (Lipinski definition) is 2. The number of amides is 1. The SMILES string of the molecule is CCCNC(C)(CCN(CC)C(C)COC)C(N)=O. The predicted octanol–water partition coefficient (Wildman–Crippen LogP) is 0.977. The summed E-state index contributed by atoms with van der Waals surface area (Å²) in [6.07, 6.45) is 1.70. The van der Waals surface area contributed by atoms with Gasteiger partial charge in [-0.05, 0) is 39.8 Å². The summed E-state index contributed by atoms with van der Waals surface area (Å²) in [4.78, 5) is 13.9. The quantitative estimate of drug-likeness (QED) is 0.589. The van der Waals surface area contributed by atoms with Crippen LogP contribution in [0.25, 0.3) is 0 Å². The number of methoxy groups -OCH3 is 1. The summed E-state index contributed by atoms with van der Waals surface area (Å²) in [5, 5.41) is 3.26. The molecular formula is C14H31N3O2. The van der Waals surface area contributed by atoms with Crippen LogP contribution in [0.2, 0.25) is 0 Å².